The van der Waals surface area contributed by atoms with E-state index in [-0.39, 0.29) is 12.1 Å². The van der Waals surface area contributed by atoms with E-state index in [0.29, 0.717) is 25.4 Å². The van der Waals surface area contributed by atoms with Gasteiger partial charge in [0.05, 0.1) is 18.3 Å². The Kier molecular flexibility index (Phi) is 4.10. The van der Waals surface area contributed by atoms with Crippen LogP contribution in [0, 0.1) is 0 Å². The van der Waals surface area contributed by atoms with Gasteiger partial charge in [-0.1, -0.05) is 0 Å². The number of carbonyl (C=O) groups is 1. The van der Waals surface area contributed by atoms with Gasteiger partial charge >= 0.3 is 6.03 Å². The van der Waals surface area contributed by atoms with Crippen molar-refractivity contribution in [2.24, 2.45) is 0 Å². The molecule has 3 N–H and O–H groups in total. The number of nitrogens with one attached hydrogen (secondary N) is 1. The minimum absolute atomic E-state index is 0.000794. The number of hydrogen-bond donors (Lipinski definition) is 2. The van der Waals surface area contributed by atoms with Gasteiger partial charge in [0, 0.05) is 39.0 Å². The van der Waals surface area contributed by atoms with Gasteiger partial charge in [0.1, 0.15) is 0 Å². The molecule has 1 aromatic heterocycles. The first-order chi connectivity index (χ1) is 10.2. The van der Waals surface area contributed by atoms with Crippen LogP contribution < -0.4 is 16.0 Å². The van der Waals surface area contributed by atoms with Gasteiger partial charge in [-0.05, 0) is 18.6 Å². The maximum Gasteiger partial charge on any atom is 0.317 e. The Hall–Kier alpha value is -2.02. The molecule has 0 bridgehead atoms. The number of urea groups is 1. The lowest BCUT2D eigenvalue weighted by Gasteiger charge is -2.36. The number of hydrogen-bond acceptors (Lipinski definition) is 5. The van der Waals surface area contributed by atoms with Crippen LogP contribution in [-0.4, -0.2) is 61.3 Å². The maximum absolute atomic E-state index is 12.2. The third kappa shape index (κ3) is 3.18. The van der Waals surface area contributed by atoms with E-state index in [1.807, 2.05) is 17.0 Å². The van der Waals surface area contributed by atoms with Crippen molar-refractivity contribution in [3.8, 4) is 0 Å². The number of rotatable bonds is 2. The summed E-state index contributed by atoms with van der Waals surface area (Å²) in [6.07, 6.45) is 2.64. The van der Waals surface area contributed by atoms with E-state index in [1.54, 1.807) is 6.20 Å². The summed E-state index contributed by atoms with van der Waals surface area (Å²) in [6, 6.07) is 3.83. The largest absolute Gasteiger partial charge is 0.396 e. The summed E-state index contributed by atoms with van der Waals surface area (Å²) in [5.74, 6) is 0.807. The SMILES string of the molecule is Nc1cccnc1N1CCN(C(=O)NC2CCOC2)CC1. The fourth-order valence-corrected chi connectivity index (χ4v) is 2.71. The molecule has 2 aliphatic heterocycles. The number of carbonyl (C=O) groups excluding carboxylic acids is 1. The van der Waals surface area contributed by atoms with Crippen molar-refractivity contribution < 1.29 is 9.53 Å². The van der Waals surface area contributed by atoms with Gasteiger partial charge in [0.15, 0.2) is 5.82 Å². The summed E-state index contributed by atoms with van der Waals surface area (Å²) in [7, 11) is 0. The van der Waals surface area contributed by atoms with E-state index >= 15 is 0 Å². The van der Waals surface area contributed by atoms with E-state index in [1.165, 1.54) is 0 Å². The average molecular weight is 291 g/mol. The Morgan fingerprint density at radius 1 is 1.38 bits per heavy atom. The quantitative estimate of drug-likeness (QED) is 0.818. The van der Waals surface area contributed by atoms with Gasteiger partial charge in [-0.15, -0.1) is 0 Å². The maximum atomic E-state index is 12.2. The first-order valence-corrected chi connectivity index (χ1v) is 7.32. The molecule has 21 heavy (non-hydrogen) atoms. The lowest BCUT2D eigenvalue weighted by Crippen LogP contribution is -2.53. The molecular formula is C14H21N5O2. The highest BCUT2D eigenvalue weighted by molar-refractivity contribution is 5.75. The lowest BCUT2D eigenvalue weighted by atomic mass is 10.2. The summed E-state index contributed by atoms with van der Waals surface area (Å²) in [5, 5.41) is 3.02. The highest BCUT2D eigenvalue weighted by Crippen LogP contribution is 2.20. The van der Waals surface area contributed by atoms with Gasteiger partial charge in [0.25, 0.3) is 0 Å². The fraction of sp³-hybridized carbons (Fsp3) is 0.571. The molecule has 3 heterocycles. The van der Waals surface area contributed by atoms with E-state index < -0.39 is 0 Å². The van der Waals surface area contributed by atoms with Crippen LogP contribution in [0.5, 0.6) is 0 Å². The molecule has 114 valence electrons. The molecule has 0 aromatic carbocycles. The van der Waals surface area contributed by atoms with Crippen molar-refractivity contribution in [3.05, 3.63) is 18.3 Å². The van der Waals surface area contributed by atoms with Crippen LogP contribution in [0.1, 0.15) is 6.42 Å². The van der Waals surface area contributed by atoms with Crippen LogP contribution in [0.15, 0.2) is 18.3 Å². The number of ether oxygens (including phenoxy) is 1. The third-order valence-electron chi connectivity index (χ3n) is 3.94. The van der Waals surface area contributed by atoms with Crippen LogP contribution in [0.4, 0.5) is 16.3 Å². The Bertz CT molecular complexity index is 496. The normalized spacial score (nSPS) is 22.4. The molecule has 0 saturated carbocycles. The van der Waals surface area contributed by atoms with Crippen molar-refractivity contribution in [1.82, 2.24) is 15.2 Å². The highest BCUT2D eigenvalue weighted by Gasteiger charge is 2.25. The van der Waals surface area contributed by atoms with Crippen molar-refractivity contribution in [2.45, 2.75) is 12.5 Å². The summed E-state index contributed by atoms with van der Waals surface area (Å²) in [5.41, 5.74) is 6.62. The molecule has 0 spiro atoms. The number of nitrogens with zero attached hydrogens (tertiary/aromatic N) is 3. The van der Waals surface area contributed by atoms with Crippen LogP contribution in [0.3, 0.4) is 0 Å². The van der Waals surface area contributed by atoms with Crippen LogP contribution in [-0.2, 0) is 4.74 Å². The fourth-order valence-electron chi connectivity index (χ4n) is 2.71. The molecule has 1 unspecified atom stereocenters. The minimum Gasteiger partial charge on any atom is -0.396 e. The third-order valence-corrected chi connectivity index (χ3v) is 3.94. The van der Waals surface area contributed by atoms with Gasteiger partial charge in [-0.2, -0.15) is 0 Å². The smallest absolute Gasteiger partial charge is 0.317 e. The molecule has 2 fully saturated rings. The second-order valence-corrected chi connectivity index (χ2v) is 5.40. The van der Waals surface area contributed by atoms with Crippen LogP contribution in [0.25, 0.3) is 0 Å². The van der Waals surface area contributed by atoms with E-state index in [9.17, 15) is 4.79 Å². The Morgan fingerprint density at radius 2 is 2.19 bits per heavy atom. The Morgan fingerprint density at radius 3 is 2.86 bits per heavy atom. The predicted octanol–water partition coefficient (Wildman–Crippen LogP) is 0.284. The monoisotopic (exact) mass is 291 g/mol. The van der Waals surface area contributed by atoms with Crippen molar-refractivity contribution in [3.63, 3.8) is 0 Å². The second-order valence-electron chi connectivity index (χ2n) is 5.40. The first-order valence-electron chi connectivity index (χ1n) is 7.32. The molecule has 1 aromatic rings. The second kappa shape index (κ2) is 6.17. The summed E-state index contributed by atoms with van der Waals surface area (Å²) < 4.78 is 5.27. The van der Waals surface area contributed by atoms with E-state index in [0.717, 1.165) is 31.9 Å². The molecule has 3 rings (SSSR count). The average Bonchev–Trinajstić information content (AvgIpc) is 3.01. The summed E-state index contributed by atoms with van der Waals surface area (Å²) in [6.45, 7) is 4.20. The first kappa shape index (κ1) is 13.9. The van der Waals surface area contributed by atoms with E-state index in [2.05, 4.69) is 15.2 Å². The van der Waals surface area contributed by atoms with Gasteiger partial charge in [0.2, 0.25) is 0 Å². The van der Waals surface area contributed by atoms with Gasteiger partial charge in [-0.3, -0.25) is 0 Å². The van der Waals surface area contributed by atoms with Crippen LogP contribution in [0.2, 0.25) is 0 Å². The zero-order valence-corrected chi connectivity index (χ0v) is 12.0. The molecule has 0 aliphatic carbocycles. The topological polar surface area (TPSA) is 83.7 Å². The molecule has 1 atom stereocenters. The van der Waals surface area contributed by atoms with Gasteiger partial charge in [-0.25, -0.2) is 9.78 Å². The van der Waals surface area contributed by atoms with Crippen molar-refractivity contribution in [1.29, 1.82) is 0 Å². The number of pyridine rings is 1. The molecule has 7 heteroatoms. The minimum atomic E-state index is -0.000794. The lowest BCUT2D eigenvalue weighted by molar-refractivity contribution is 0.176. The van der Waals surface area contributed by atoms with Gasteiger partial charge < -0.3 is 25.6 Å². The Labute approximate surface area is 124 Å². The molecule has 2 aliphatic rings. The van der Waals surface area contributed by atoms with Crippen LogP contribution >= 0.6 is 0 Å². The summed E-state index contributed by atoms with van der Waals surface area (Å²) in [4.78, 5) is 20.4. The number of nitrogen functional groups attached to an aromatic ring is 1. The zero-order valence-electron chi connectivity index (χ0n) is 12.0. The highest BCUT2D eigenvalue weighted by atomic mass is 16.5. The predicted molar refractivity (Wildman–Crippen MR) is 80.2 cm³/mol. The zero-order chi connectivity index (χ0) is 14.7. The number of piperazine rings is 1. The summed E-state index contributed by atoms with van der Waals surface area (Å²) >= 11 is 0. The van der Waals surface area contributed by atoms with Crippen molar-refractivity contribution >= 4 is 17.5 Å². The molecule has 7 nitrogen and oxygen atoms in total. The number of nitrogens with two attached hydrogens (primary N) is 1. The van der Waals surface area contributed by atoms with E-state index in [4.69, 9.17) is 10.5 Å². The number of aromatic nitrogens is 1. The number of amides is 2. The molecule has 2 amide bonds. The number of anilines is 2. The molecular weight excluding hydrogens is 270 g/mol. The molecule has 0 radical (unpaired) electrons. The molecule has 2 saturated heterocycles. The Balaban J connectivity index is 1.52. The standard InChI is InChI=1S/C14H21N5O2/c15-12-2-1-4-16-13(12)18-5-7-19(8-6-18)14(20)17-11-3-9-21-10-11/h1-2,4,11H,3,5-10,15H2,(H,17,20). The van der Waals surface area contributed by atoms with Crippen molar-refractivity contribution in [2.75, 3.05) is 50.0 Å².